The number of rotatable bonds is 0. The Kier molecular flexibility index (Phi) is 4.78. The van der Waals surface area contributed by atoms with Crippen molar-refractivity contribution in [2.75, 3.05) is 6.61 Å². The molecule has 2 saturated heterocycles. The molecule has 6 aliphatic rings. The molecule has 4 heteroatoms. The molecule has 4 aliphatic carbocycles. The van der Waals surface area contributed by atoms with E-state index in [1.807, 2.05) is 0 Å². The highest BCUT2D eigenvalue weighted by molar-refractivity contribution is 5.16. The summed E-state index contributed by atoms with van der Waals surface area (Å²) in [6.45, 7) is 10.6. The van der Waals surface area contributed by atoms with E-state index in [1.165, 1.54) is 19.3 Å². The lowest BCUT2D eigenvalue weighted by atomic mass is 9.43. The van der Waals surface area contributed by atoms with Crippen molar-refractivity contribution in [3.8, 4) is 0 Å². The molecule has 0 amide bonds. The third-order valence-electron chi connectivity index (χ3n) is 11.9. The van der Waals surface area contributed by atoms with Crippen LogP contribution in [0.25, 0.3) is 0 Å². The largest absolute Gasteiger partial charge is 0.393 e. The van der Waals surface area contributed by atoms with E-state index in [1.54, 1.807) is 0 Å². The summed E-state index contributed by atoms with van der Waals surface area (Å²) in [5.74, 6) is 3.58. The van der Waals surface area contributed by atoms with Crippen molar-refractivity contribution in [1.29, 1.82) is 0 Å². The molecule has 31 heavy (non-hydrogen) atoms. The van der Waals surface area contributed by atoms with Crippen molar-refractivity contribution in [2.24, 2.45) is 52.3 Å². The molecule has 0 bridgehead atoms. The quantitative estimate of drug-likeness (QED) is 0.579. The van der Waals surface area contributed by atoms with Gasteiger partial charge in [-0.05, 0) is 97.7 Å². The zero-order chi connectivity index (χ0) is 21.8. The van der Waals surface area contributed by atoms with Crippen molar-refractivity contribution >= 4 is 0 Å². The van der Waals surface area contributed by atoms with E-state index in [0.29, 0.717) is 47.0 Å². The molecule has 0 aromatic rings. The Morgan fingerprint density at radius 3 is 2.32 bits per heavy atom. The summed E-state index contributed by atoms with van der Waals surface area (Å²) in [6.07, 6.45) is 9.58. The first-order chi connectivity index (χ1) is 14.7. The van der Waals surface area contributed by atoms with Gasteiger partial charge in [-0.15, -0.1) is 0 Å². The highest BCUT2D eigenvalue weighted by Gasteiger charge is 2.69. The van der Waals surface area contributed by atoms with Crippen molar-refractivity contribution < 1.29 is 19.7 Å². The van der Waals surface area contributed by atoms with Gasteiger partial charge < -0.3 is 19.7 Å². The number of hydrogen-bond donors (Lipinski definition) is 2. The molecule has 2 heterocycles. The Balaban J connectivity index is 1.28. The average molecular weight is 433 g/mol. The van der Waals surface area contributed by atoms with E-state index in [9.17, 15) is 10.2 Å². The van der Waals surface area contributed by atoms with Crippen LogP contribution in [0.3, 0.4) is 0 Å². The van der Waals surface area contributed by atoms with Crippen LogP contribution in [-0.2, 0) is 9.47 Å². The normalized spacial score (nSPS) is 63.3. The fourth-order valence-electron chi connectivity index (χ4n) is 10.3. The van der Waals surface area contributed by atoms with Gasteiger partial charge >= 0.3 is 0 Å². The molecule has 0 radical (unpaired) electrons. The van der Waals surface area contributed by atoms with Gasteiger partial charge in [0.05, 0.1) is 24.9 Å². The SMILES string of the molecule is C[C@@H]1CCC2(OC1)O[C@H]1C[C@H]3[C@@H]4C[C@H](O)C5C[C@@H](O)CC[C@]5(C)[C@H]4CC[C@]3(C)[C@H]1[C@@H]2C. The summed E-state index contributed by atoms with van der Waals surface area (Å²) in [5, 5.41) is 21.5. The predicted molar refractivity (Wildman–Crippen MR) is 119 cm³/mol. The maximum Gasteiger partial charge on any atom is 0.171 e. The molecule has 2 unspecified atom stereocenters. The van der Waals surface area contributed by atoms with Gasteiger partial charge in [0, 0.05) is 12.3 Å². The van der Waals surface area contributed by atoms with Crippen LogP contribution in [0, 0.1) is 52.3 Å². The Bertz CT molecular complexity index is 716. The average Bonchev–Trinajstić information content (AvgIpc) is 3.17. The van der Waals surface area contributed by atoms with Gasteiger partial charge in [0.2, 0.25) is 0 Å². The molecular weight excluding hydrogens is 388 g/mol. The molecule has 6 rings (SSSR count). The third-order valence-corrected chi connectivity index (χ3v) is 11.9. The lowest BCUT2D eigenvalue weighted by Gasteiger charge is -2.62. The van der Waals surface area contributed by atoms with E-state index in [-0.39, 0.29) is 29.3 Å². The predicted octanol–water partition coefficient (Wildman–Crippen LogP) is 4.76. The van der Waals surface area contributed by atoms with Crippen LogP contribution >= 0.6 is 0 Å². The van der Waals surface area contributed by atoms with E-state index in [0.717, 1.165) is 45.1 Å². The second-order valence-corrected chi connectivity index (χ2v) is 13.2. The molecule has 4 nitrogen and oxygen atoms in total. The lowest BCUT2D eigenvalue weighted by Crippen LogP contribution is -2.58. The van der Waals surface area contributed by atoms with Gasteiger partial charge in [0.15, 0.2) is 5.79 Å². The van der Waals surface area contributed by atoms with Gasteiger partial charge in [-0.3, -0.25) is 0 Å². The summed E-state index contributed by atoms with van der Waals surface area (Å²) in [5.41, 5.74) is 0.495. The second kappa shape index (κ2) is 6.93. The molecule has 176 valence electrons. The maximum absolute atomic E-state index is 11.2. The second-order valence-electron chi connectivity index (χ2n) is 13.2. The van der Waals surface area contributed by atoms with E-state index >= 15 is 0 Å². The molecular formula is C27H44O4. The number of fused-ring (bicyclic) bond motifs is 7. The van der Waals surface area contributed by atoms with Crippen molar-refractivity contribution in [2.45, 2.75) is 110 Å². The lowest BCUT2D eigenvalue weighted by molar-refractivity contribution is -0.273. The zero-order valence-corrected chi connectivity index (χ0v) is 20.1. The highest BCUT2D eigenvalue weighted by atomic mass is 16.7. The van der Waals surface area contributed by atoms with Crippen molar-refractivity contribution in [3.63, 3.8) is 0 Å². The van der Waals surface area contributed by atoms with Crippen LogP contribution in [0.5, 0.6) is 0 Å². The van der Waals surface area contributed by atoms with Gasteiger partial charge in [0.25, 0.3) is 0 Å². The van der Waals surface area contributed by atoms with E-state index in [2.05, 4.69) is 27.7 Å². The highest BCUT2D eigenvalue weighted by Crippen LogP contribution is 2.71. The first-order valence-corrected chi connectivity index (χ1v) is 13.4. The first-order valence-electron chi connectivity index (χ1n) is 13.4. The van der Waals surface area contributed by atoms with Gasteiger partial charge in [0.1, 0.15) is 0 Å². The summed E-state index contributed by atoms with van der Waals surface area (Å²) < 4.78 is 13.3. The van der Waals surface area contributed by atoms with Crippen molar-refractivity contribution in [1.82, 2.24) is 0 Å². The minimum absolute atomic E-state index is 0.191. The molecule has 6 fully saturated rings. The number of aliphatic hydroxyl groups is 2. The standard InChI is InChI=1S/C27H44O4/c1-15-5-10-27(30-14-15)16(2)24-23(31-27)13-20-18-12-22(29)21-11-17(28)6-8-25(21,3)19(18)7-9-26(20,24)4/h15-24,28-29H,5-14H2,1-4H3/t15-,16+,17+,18-,19+,20+,21?,22+,23+,24+,25-,26+,27?/m1/s1. The number of ether oxygens (including phenoxy) is 2. The molecule has 2 aliphatic heterocycles. The fraction of sp³-hybridized carbons (Fsp3) is 1.00. The molecule has 13 atom stereocenters. The fourth-order valence-corrected chi connectivity index (χ4v) is 10.3. The van der Waals surface area contributed by atoms with Crippen molar-refractivity contribution in [3.05, 3.63) is 0 Å². The van der Waals surface area contributed by atoms with Crippen LogP contribution in [0.2, 0.25) is 0 Å². The van der Waals surface area contributed by atoms with Gasteiger partial charge in [-0.25, -0.2) is 0 Å². The summed E-state index contributed by atoms with van der Waals surface area (Å²) in [7, 11) is 0. The monoisotopic (exact) mass is 432 g/mol. The Labute approximate surface area is 188 Å². The summed E-state index contributed by atoms with van der Waals surface area (Å²) in [4.78, 5) is 0. The van der Waals surface area contributed by atoms with E-state index < -0.39 is 0 Å². The molecule has 4 saturated carbocycles. The molecule has 1 spiro atoms. The Hall–Kier alpha value is -0.160. The maximum atomic E-state index is 11.2. The molecule has 0 aromatic heterocycles. The zero-order valence-electron chi connectivity index (χ0n) is 20.1. The Morgan fingerprint density at radius 2 is 1.58 bits per heavy atom. The van der Waals surface area contributed by atoms with Gasteiger partial charge in [-0.1, -0.05) is 27.7 Å². The van der Waals surface area contributed by atoms with Crippen LogP contribution < -0.4 is 0 Å². The minimum atomic E-state index is -0.338. The number of hydrogen-bond acceptors (Lipinski definition) is 4. The van der Waals surface area contributed by atoms with E-state index in [4.69, 9.17) is 9.47 Å². The van der Waals surface area contributed by atoms with Crippen LogP contribution in [-0.4, -0.2) is 40.9 Å². The van der Waals surface area contributed by atoms with Crippen LogP contribution in [0.1, 0.15) is 85.5 Å². The number of aliphatic hydroxyl groups excluding tert-OH is 2. The van der Waals surface area contributed by atoms with Crippen LogP contribution in [0.15, 0.2) is 0 Å². The Morgan fingerprint density at radius 1 is 0.806 bits per heavy atom. The smallest absolute Gasteiger partial charge is 0.171 e. The third kappa shape index (κ3) is 2.80. The topological polar surface area (TPSA) is 58.9 Å². The summed E-state index contributed by atoms with van der Waals surface area (Å²) in [6, 6.07) is 0. The molecule has 0 aromatic carbocycles. The first kappa shape index (κ1) is 21.4. The van der Waals surface area contributed by atoms with Crippen LogP contribution in [0.4, 0.5) is 0 Å². The molecule has 2 N–H and O–H groups in total. The summed E-state index contributed by atoms with van der Waals surface area (Å²) >= 11 is 0. The minimum Gasteiger partial charge on any atom is -0.393 e. The van der Waals surface area contributed by atoms with Gasteiger partial charge in [-0.2, -0.15) is 0 Å².